The third-order valence-corrected chi connectivity index (χ3v) is 3.03. The molecule has 7 heteroatoms. The van der Waals surface area contributed by atoms with Crippen LogP contribution in [-0.4, -0.2) is 49.7 Å². The number of aliphatic hydroxyl groups is 2. The molecule has 7 nitrogen and oxygen atoms in total. The molecule has 0 radical (unpaired) electrons. The van der Waals surface area contributed by atoms with Crippen LogP contribution in [0.2, 0.25) is 0 Å². The SMILES string of the molecule is Cc1coc2c(=O)cc(N(CCO)CCOCCO)oc12. The minimum Gasteiger partial charge on any atom is -0.456 e. The van der Waals surface area contributed by atoms with Gasteiger partial charge in [-0.3, -0.25) is 4.79 Å². The lowest BCUT2D eigenvalue weighted by molar-refractivity contribution is 0.0959. The first-order chi connectivity index (χ1) is 10.2. The predicted octanol–water partition coefficient (Wildman–Crippen LogP) is 0.502. The van der Waals surface area contributed by atoms with E-state index in [0.29, 0.717) is 31.2 Å². The average Bonchev–Trinajstić information content (AvgIpc) is 2.84. The zero-order valence-electron chi connectivity index (χ0n) is 11.9. The molecule has 116 valence electrons. The lowest BCUT2D eigenvalue weighted by Crippen LogP contribution is -2.31. The summed E-state index contributed by atoms with van der Waals surface area (Å²) in [4.78, 5) is 13.7. The van der Waals surface area contributed by atoms with Gasteiger partial charge in [0.05, 0.1) is 38.8 Å². The average molecular weight is 297 g/mol. The molecule has 2 aromatic heterocycles. The molecule has 0 fully saturated rings. The molecule has 2 rings (SSSR count). The van der Waals surface area contributed by atoms with E-state index in [-0.39, 0.29) is 30.8 Å². The Labute approximate surface area is 121 Å². The van der Waals surface area contributed by atoms with E-state index in [1.165, 1.54) is 12.3 Å². The molecule has 0 saturated carbocycles. The minimum absolute atomic E-state index is 0.0464. The van der Waals surface area contributed by atoms with E-state index in [9.17, 15) is 4.79 Å². The Balaban J connectivity index is 2.22. The fourth-order valence-electron chi connectivity index (χ4n) is 1.99. The Bertz CT molecular complexity index is 632. The number of ether oxygens (including phenoxy) is 1. The highest BCUT2D eigenvalue weighted by atomic mass is 16.5. The quantitative estimate of drug-likeness (QED) is 0.685. The number of hydrogen-bond acceptors (Lipinski definition) is 7. The summed E-state index contributed by atoms with van der Waals surface area (Å²) in [6.07, 6.45) is 1.47. The molecule has 0 aliphatic heterocycles. The molecule has 2 heterocycles. The fraction of sp³-hybridized carbons (Fsp3) is 0.500. The summed E-state index contributed by atoms with van der Waals surface area (Å²) in [7, 11) is 0. The molecule has 21 heavy (non-hydrogen) atoms. The van der Waals surface area contributed by atoms with Crippen LogP contribution < -0.4 is 10.3 Å². The standard InChI is InChI=1S/C14H19NO6/c1-10-9-20-14-11(18)8-12(21-13(10)14)15(2-4-16)3-6-19-7-5-17/h8-9,16-17H,2-7H2,1H3. The maximum atomic E-state index is 12.0. The van der Waals surface area contributed by atoms with E-state index < -0.39 is 0 Å². The van der Waals surface area contributed by atoms with Crippen LogP contribution >= 0.6 is 0 Å². The maximum Gasteiger partial charge on any atom is 0.230 e. The van der Waals surface area contributed by atoms with Crippen molar-refractivity contribution in [3.8, 4) is 0 Å². The highest BCUT2D eigenvalue weighted by Crippen LogP contribution is 2.23. The van der Waals surface area contributed by atoms with E-state index in [1.807, 2.05) is 0 Å². The predicted molar refractivity (Wildman–Crippen MR) is 76.7 cm³/mol. The molecule has 2 aromatic rings. The van der Waals surface area contributed by atoms with Gasteiger partial charge in [-0.05, 0) is 6.92 Å². The van der Waals surface area contributed by atoms with Crippen molar-refractivity contribution in [1.82, 2.24) is 0 Å². The maximum absolute atomic E-state index is 12.0. The van der Waals surface area contributed by atoms with Gasteiger partial charge in [-0.15, -0.1) is 0 Å². The highest BCUT2D eigenvalue weighted by molar-refractivity contribution is 5.75. The minimum atomic E-state index is -0.265. The summed E-state index contributed by atoms with van der Waals surface area (Å²) in [6.45, 7) is 3.02. The molecule has 0 bridgehead atoms. The van der Waals surface area contributed by atoms with Crippen LogP contribution in [0.3, 0.4) is 0 Å². The monoisotopic (exact) mass is 297 g/mol. The van der Waals surface area contributed by atoms with Crippen molar-refractivity contribution in [2.75, 3.05) is 44.4 Å². The molecular weight excluding hydrogens is 278 g/mol. The Morgan fingerprint density at radius 3 is 2.71 bits per heavy atom. The van der Waals surface area contributed by atoms with Crippen LogP contribution in [0.5, 0.6) is 0 Å². The van der Waals surface area contributed by atoms with Crippen LogP contribution in [0.1, 0.15) is 5.56 Å². The summed E-state index contributed by atoms with van der Waals surface area (Å²) in [5.41, 5.74) is 1.08. The molecule has 0 amide bonds. The normalized spacial score (nSPS) is 11.2. The third kappa shape index (κ3) is 3.63. The molecule has 0 saturated heterocycles. The number of aryl methyl sites for hydroxylation is 1. The van der Waals surface area contributed by atoms with Crippen LogP contribution in [-0.2, 0) is 4.74 Å². The molecule has 0 atom stereocenters. The molecule has 0 aliphatic rings. The van der Waals surface area contributed by atoms with Gasteiger partial charge in [0.25, 0.3) is 0 Å². The molecular formula is C14H19NO6. The summed E-state index contributed by atoms with van der Waals surface area (Å²) in [5, 5.41) is 17.8. The molecule has 0 unspecified atom stereocenters. The van der Waals surface area contributed by atoms with Gasteiger partial charge in [-0.25, -0.2) is 0 Å². The van der Waals surface area contributed by atoms with Gasteiger partial charge in [-0.1, -0.05) is 0 Å². The van der Waals surface area contributed by atoms with E-state index in [1.54, 1.807) is 11.8 Å². The molecule has 0 aromatic carbocycles. The number of rotatable bonds is 8. The van der Waals surface area contributed by atoms with Gasteiger partial charge in [0.2, 0.25) is 11.0 Å². The van der Waals surface area contributed by atoms with Crippen LogP contribution in [0.15, 0.2) is 26.0 Å². The molecule has 0 aliphatic carbocycles. The van der Waals surface area contributed by atoms with Crippen molar-refractivity contribution in [3.05, 3.63) is 28.1 Å². The fourth-order valence-corrected chi connectivity index (χ4v) is 1.99. The Kier molecular flexibility index (Phi) is 5.38. The topological polar surface area (TPSA) is 96.3 Å². The number of fused-ring (bicyclic) bond motifs is 1. The van der Waals surface area contributed by atoms with Gasteiger partial charge in [0.15, 0.2) is 11.5 Å². The van der Waals surface area contributed by atoms with E-state index in [4.69, 9.17) is 23.8 Å². The van der Waals surface area contributed by atoms with Crippen molar-refractivity contribution in [2.45, 2.75) is 6.92 Å². The third-order valence-electron chi connectivity index (χ3n) is 3.03. The zero-order valence-corrected chi connectivity index (χ0v) is 11.9. The largest absolute Gasteiger partial charge is 0.456 e. The second kappa shape index (κ2) is 7.26. The number of aliphatic hydroxyl groups excluding tert-OH is 2. The summed E-state index contributed by atoms with van der Waals surface area (Å²) in [6, 6.07) is 1.34. The Morgan fingerprint density at radius 1 is 1.19 bits per heavy atom. The van der Waals surface area contributed by atoms with Gasteiger partial charge in [0.1, 0.15) is 0 Å². The number of furan rings is 1. The number of hydrogen-bond donors (Lipinski definition) is 2. The van der Waals surface area contributed by atoms with E-state index in [0.717, 1.165) is 5.56 Å². The summed E-state index contributed by atoms with van der Waals surface area (Å²) in [5.74, 6) is 0.360. The van der Waals surface area contributed by atoms with Crippen molar-refractivity contribution in [2.24, 2.45) is 0 Å². The number of nitrogens with zero attached hydrogens (tertiary/aromatic N) is 1. The smallest absolute Gasteiger partial charge is 0.230 e. The van der Waals surface area contributed by atoms with Crippen molar-refractivity contribution >= 4 is 17.1 Å². The Hall–Kier alpha value is -1.83. The van der Waals surface area contributed by atoms with Crippen LogP contribution in [0.4, 0.5) is 5.88 Å². The van der Waals surface area contributed by atoms with Crippen molar-refractivity contribution in [3.63, 3.8) is 0 Å². The second-order valence-electron chi connectivity index (χ2n) is 4.57. The van der Waals surface area contributed by atoms with Crippen LogP contribution in [0, 0.1) is 6.92 Å². The summed E-state index contributed by atoms with van der Waals surface area (Å²) >= 11 is 0. The number of anilines is 1. The van der Waals surface area contributed by atoms with Crippen molar-refractivity contribution < 1.29 is 23.8 Å². The summed E-state index contributed by atoms with van der Waals surface area (Å²) < 4.78 is 16.1. The van der Waals surface area contributed by atoms with E-state index in [2.05, 4.69) is 0 Å². The lowest BCUT2D eigenvalue weighted by Gasteiger charge is -2.21. The second-order valence-corrected chi connectivity index (χ2v) is 4.57. The zero-order chi connectivity index (χ0) is 15.2. The highest BCUT2D eigenvalue weighted by Gasteiger charge is 2.15. The first-order valence-corrected chi connectivity index (χ1v) is 6.73. The van der Waals surface area contributed by atoms with Gasteiger partial charge >= 0.3 is 0 Å². The lowest BCUT2D eigenvalue weighted by atomic mass is 10.3. The van der Waals surface area contributed by atoms with Crippen LogP contribution in [0.25, 0.3) is 11.2 Å². The molecule has 2 N–H and O–H groups in total. The van der Waals surface area contributed by atoms with Gasteiger partial charge in [0, 0.05) is 18.7 Å². The first kappa shape index (κ1) is 15.6. The first-order valence-electron chi connectivity index (χ1n) is 6.73. The van der Waals surface area contributed by atoms with Gasteiger partial charge < -0.3 is 28.7 Å². The van der Waals surface area contributed by atoms with E-state index >= 15 is 0 Å². The Morgan fingerprint density at radius 2 is 2.00 bits per heavy atom. The van der Waals surface area contributed by atoms with Crippen molar-refractivity contribution in [1.29, 1.82) is 0 Å². The molecule has 0 spiro atoms. The van der Waals surface area contributed by atoms with Gasteiger partial charge in [-0.2, -0.15) is 0 Å².